The number of Topliss-reactive ketones (excluding diaryl/α,β-unsaturated/α-hetero) is 1. The van der Waals surface area contributed by atoms with Gasteiger partial charge in [-0.1, -0.05) is 23.1 Å². The molecule has 0 spiro atoms. The van der Waals surface area contributed by atoms with Gasteiger partial charge < -0.3 is 10.7 Å². The Kier molecular flexibility index (Phi) is 4.50. The average Bonchev–Trinajstić information content (AvgIpc) is 3.05. The van der Waals surface area contributed by atoms with Crippen molar-refractivity contribution in [3.8, 4) is 6.07 Å². The summed E-state index contributed by atoms with van der Waals surface area (Å²) in [7, 11) is 0. The zero-order chi connectivity index (χ0) is 13.8. The molecule has 100 valence electrons. The van der Waals surface area contributed by atoms with E-state index in [0.29, 0.717) is 10.4 Å². The molecule has 0 radical (unpaired) electrons. The summed E-state index contributed by atoms with van der Waals surface area (Å²) in [5.74, 6) is -1.05. The lowest BCUT2D eigenvalue weighted by molar-refractivity contribution is -0.117. The second kappa shape index (κ2) is 6.12. The molecule has 1 fully saturated rings. The van der Waals surface area contributed by atoms with Gasteiger partial charge in [0.15, 0.2) is 10.1 Å². The first-order chi connectivity index (χ1) is 9.10. The van der Waals surface area contributed by atoms with E-state index in [1.54, 1.807) is 0 Å². The minimum atomic E-state index is -0.940. The SMILES string of the molecule is CC(=N)C(C#N)C(=O)CSc1nnc(NC2CC2)s1. The van der Waals surface area contributed by atoms with Crippen molar-refractivity contribution in [1.29, 1.82) is 10.7 Å². The number of aromatic nitrogens is 2. The molecule has 1 aliphatic carbocycles. The maximum Gasteiger partial charge on any atom is 0.206 e. The Morgan fingerprint density at radius 2 is 2.42 bits per heavy atom. The molecule has 0 aliphatic heterocycles. The first kappa shape index (κ1) is 14.0. The van der Waals surface area contributed by atoms with E-state index < -0.39 is 5.92 Å². The molecular formula is C11H13N5OS2. The third-order valence-electron chi connectivity index (χ3n) is 2.53. The number of carbonyl (C=O) groups is 1. The maximum atomic E-state index is 11.7. The smallest absolute Gasteiger partial charge is 0.206 e. The van der Waals surface area contributed by atoms with Crippen LogP contribution in [0.3, 0.4) is 0 Å². The summed E-state index contributed by atoms with van der Waals surface area (Å²) < 4.78 is 0.704. The van der Waals surface area contributed by atoms with Gasteiger partial charge in [-0.25, -0.2) is 0 Å². The number of nitrogens with zero attached hydrogens (tertiary/aromatic N) is 3. The first-order valence-corrected chi connectivity index (χ1v) is 7.60. The number of hydrogen-bond acceptors (Lipinski definition) is 8. The van der Waals surface area contributed by atoms with Crippen LogP contribution in [0, 0.1) is 22.7 Å². The molecule has 1 aromatic heterocycles. The molecule has 8 heteroatoms. The number of carbonyl (C=O) groups excluding carboxylic acids is 1. The van der Waals surface area contributed by atoms with E-state index in [2.05, 4.69) is 15.5 Å². The minimum absolute atomic E-state index is 0.0847. The van der Waals surface area contributed by atoms with Crippen molar-refractivity contribution in [2.24, 2.45) is 5.92 Å². The van der Waals surface area contributed by atoms with Crippen LogP contribution in [0.2, 0.25) is 0 Å². The van der Waals surface area contributed by atoms with Gasteiger partial charge in [-0.2, -0.15) is 5.26 Å². The Labute approximate surface area is 119 Å². The van der Waals surface area contributed by atoms with Gasteiger partial charge in [0.2, 0.25) is 5.13 Å². The van der Waals surface area contributed by atoms with Crippen molar-refractivity contribution in [2.75, 3.05) is 11.1 Å². The maximum absolute atomic E-state index is 11.7. The van der Waals surface area contributed by atoms with Gasteiger partial charge in [-0.3, -0.25) is 4.79 Å². The van der Waals surface area contributed by atoms with E-state index >= 15 is 0 Å². The molecule has 1 saturated carbocycles. The first-order valence-electron chi connectivity index (χ1n) is 5.80. The molecular weight excluding hydrogens is 282 g/mol. The van der Waals surface area contributed by atoms with Crippen molar-refractivity contribution >= 4 is 39.7 Å². The number of nitriles is 1. The van der Waals surface area contributed by atoms with Gasteiger partial charge in [0.05, 0.1) is 11.8 Å². The Hall–Kier alpha value is -1.46. The van der Waals surface area contributed by atoms with E-state index in [-0.39, 0.29) is 17.2 Å². The standard InChI is InChI=1S/C11H13N5OS2/c1-6(13)8(4-12)9(17)5-18-11-16-15-10(19-11)14-7-2-3-7/h7-8,13H,2-3,5H2,1H3,(H,14,15). The molecule has 1 aromatic rings. The highest BCUT2D eigenvalue weighted by Crippen LogP contribution is 2.30. The Morgan fingerprint density at radius 1 is 1.68 bits per heavy atom. The summed E-state index contributed by atoms with van der Waals surface area (Å²) >= 11 is 2.68. The molecule has 1 atom stereocenters. The number of hydrogen-bond donors (Lipinski definition) is 2. The lowest BCUT2D eigenvalue weighted by Crippen LogP contribution is -2.21. The summed E-state index contributed by atoms with van der Waals surface area (Å²) in [5.41, 5.74) is 0.0847. The number of rotatable bonds is 7. The van der Waals surface area contributed by atoms with Gasteiger partial charge in [-0.05, 0) is 19.8 Å². The van der Waals surface area contributed by atoms with Crippen LogP contribution in [0.1, 0.15) is 19.8 Å². The van der Waals surface area contributed by atoms with Gasteiger partial charge >= 0.3 is 0 Å². The lowest BCUT2D eigenvalue weighted by atomic mass is 10.0. The summed E-state index contributed by atoms with van der Waals surface area (Å²) in [6, 6.07) is 2.37. The van der Waals surface area contributed by atoms with Crippen LogP contribution >= 0.6 is 23.1 Å². The summed E-state index contributed by atoms with van der Waals surface area (Å²) in [5, 5.41) is 28.2. The predicted octanol–water partition coefficient (Wildman–Crippen LogP) is 1.95. The molecule has 0 saturated heterocycles. The van der Waals surface area contributed by atoms with E-state index in [0.717, 1.165) is 5.13 Å². The zero-order valence-electron chi connectivity index (χ0n) is 10.3. The summed E-state index contributed by atoms with van der Waals surface area (Å²) in [6.07, 6.45) is 2.34. The fraction of sp³-hybridized carbons (Fsp3) is 0.545. The Morgan fingerprint density at radius 3 is 3.00 bits per heavy atom. The molecule has 6 nitrogen and oxygen atoms in total. The third-order valence-corrected chi connectivity index (χ3v) is 4.54. The molecule has 19 heavy (non-hydrogen) atoms. The molecule has 0 amide bonds. The molecule has 1 unspecified atom stereocenters. The van der Waals surface area contributed by atoms with Crippen molar-refractivity contribution in [3.63, 3.8) is 0 Å². The normalized spacial score (nSPS) is 15.6. The molecule has 2 rings (SSSR count). The van der Waals surface area contributed by atoms with Gasteiger partial charge in [0, 0.05) is 11.8 Å². The molecule has 1 aliphatic rings. The predicted molar refractivity (Wildman–Crippen MR) is 74.8 cm³/mol. The minimum Gasteiger partial charge on any atom is -0.357 e. The zero-order valence-corrected chi connectivity index (χ0v) is 12.0. The van der Waals surface area contributed by atoms with Crippen LogP contribution in [-0.2, 0) is 4.79 Å². The third kappa shape index (κ3) is 4.01. The molecule has 0 aromatic carbocycles. The topological polar surface area (TPSA) is 103 Å². The quantitative estimate of drug-likeness (QED) is 0.589. The van der Waals surface area contributed by atoms with Crippen molar-refractivity contribution in [2.45, 2.75) is 30.1 Å². The van der Waals surface area contributed by atoms with Crippen molar-refractivity contribution in [3.05, 3.63) is 0 Å². The monoisotopic (exact) mass is 295 g/mol. The Balaban J connectivity index is 1.84. The van der Waals surface area contributed by atoms with Crippen LogP contribution in [0.25, 0.3) is 0 Å². The average molecular weight is 295 g/mol. The lowest BCUT2D eigenvalue weighted by Gasteiger charge is -2.03. The van der Waals surface area contributed by atoms with Crippen LogP contribution in [-0.4, -0.2) is 33.5 Å². The number of nitrogens with one attached hydrogen (secondary N) is 2. The highest BCUT2D eigenvalue weighted by molar-refractivity contribution is 8.01. The van der Waals surface area contributed by atoms with Gasteiger partial charge in [0.25, 0.3) is 0 Å². The highest BCUT2D eigenvalue weighted by Gasteiger charge is 2.23. The van der Waals surface area contributed by atoms with E-state index in [4.69, 9.17) is 10.7 Å². The van der Waals surface area contributed by atoms with Crippen molar-refractivity contribution in [1.82, 2.24) is 10.2 Å². The van der Waals surface area contributed by atoms with Crippen molar-refractivity contribution < 1.29 is 4.79 Å². The van der Waals surface area contributed by atoms with Crippen LogP contribution in [0.5, 0.6) is 0 Å². The fourth-order valence-electron chi connectivity index (χ4n) is 1.36. The second-order valence-corrected chi connectivity index (χ2v) is 6.49. The van der Waals surface area contributed by atoms with Gasteiger partial charge in [-0.15, -0.1) is 10.2 Å². The van der Waals surface area contributed by atoms with Crippen LogP contribution in [0.4, 0.5) is 5.13 Å². The molecule has 0 bridgehead atoms. The molecule has 1 heterocycles. The summed E-state index contributed by atoms with van der Waals surface area (Å²) in [6.45, 7) is 1.47. The second-order valence-electron chi connectivity index (χ2n) is 4.29. The Bertz CT molecular complexity index is 531. The van der Waals surface area contributed by atoms with Crippen LogP contribution in [0.15, 0.2) is 4.34 Å². The largest absolute Gasteiger partial charge is 0.357 e. The number of ketones is 1. The van der Waals surface area contributed by atoms with Gasteiger partial charge in [0.1, 0.15) is 5.92 Å². The number of thioether (sulfide) groups is 1. The van der Waals surface area contributed by atoms with E-state index in [9.17, 15) is 4.79 Å². The number of anilines is 1. The van der Waals surface area contributed by atoms with E-state index in [1.165, 1.54) is 42.9 Å². The van der Waals surface area contributed by atoms with E-state index in [1.807, 2.05) is 6.07 Å². The molecule has 2 N–H and O–H groups in total. The van der Waals surface area contributed by atoms with Crippen LogP contribution < -0.4 is 5.32 Å². The summed E-state index contributed by atoms with van der Waals surface area (Å²) in [4.78, 5) is 11.7. The fourth-order valence-corrected chi connectivity index (χ4v) is 3.09. The highest BCUT2D eigenvalue weighted by atomic mass is 32.2.